The lowest BCUT2D eigenvalue weighted by molar-refractivity contribution is -0.116. The summed E-state index contributed by atoms with van der Waals surface area (Å²) in [5, 5.41) is 5.55. The summed E-state index contributed by atoms with van der Waals surface area (Å²) in [6.07, 6.45) is 0. The Morgan fingerprint density at radius 3 is 2.53 bits per heavy atom. The molecule has 0 spiro atoms. The van der Waals surface area contributed by atoms with Crippen molar-refractivity contribution in [2.45, 2.75) is 13.5 Å². The van der Waals surface area contributed by atoms with Gasteiger partial charge in [0.2, 0.25) is 5.91 Å². The van der Waals surface area contributed by atoms with Crippen LogP contribution in [0.2, 0.25) is 0 Å². The quantitative estimate of drug-likeness (QED) is 0.532. The van der Waals surface area contributed by atoms with Crippen molar-refractivity contribution in [1.82, 2.24) is 4.57 Å². The Bertz CT molecular complexity index is 1300. The summed E-state index contributed by atoms with van der Waals surface area (Å²) in [7, 11) is 0. The van der Waals surface area contributed by atoms with E-state index in [1.165, 1.54) is 4.57 Å². The molecule has 4 aromatic rings. The van der Waals surface area contributed by atoms with Gasteiger partial charge in [-0.3, -0.25) is 14.2 Å². The van der Waals surface area contributed by atoms with E-state index in [1.807, 2.05) is 25.1 Å². The molecule has 0 aliphatic carbocycles. The third kappa shape index (κ3) is 4.00. The maximum Gasteiger partial charge on any atom is 0.420 e. The van der Waals surface area contributed by atoms with Gasteiger partial charge in [-0.15, -0.1) is 0 Å². The van der Waals surface area contributed by atoms with Crippen LogP contribution < -0.4 is 16.4 Å². The van der Waals surface area contributed by atoms with E-state index < -0.39 is 11.7 Å². The molecule has 0 aliphatic heterocycles. The van der Waals surface area contributed by atoms with Gasteiger partial charge in [0.05, 0.1) is 16.8 Å². The van der Waals surface area contributed by atoms with Crippen LogP contribution in [0.1, 0.15) is 15.9 Å². The Labute approximate surface area is 171 Å². The molecule has 0 fully saturated rings. The molecule has 2 N–H and O–H groups in total. The second-order valence-corrected chi connectivity index (χ2v) is 6.84. The number of carbonyl (C=O) groups excluding carboxylic acids is 2. The third-order valence-corrected chi connectivity index (χ3v) is 4.60. The zero-order chi connectivity index (χ0) is 21.1. The van der Waals surface area contributed by atoms with Gasteiger partial charge in [0.25, 0.3) is 5.91 Å². The molecule has 30 heavy (non-hydrogen) atoms. The molecule has 0 aliphatic rings. The molecule has 3 aromatic carbocycles. The fourth-order valence-electron chi connectivity index (χ4n) is 3.21. The van der Waals surface area contributed by atoms with Crippen molar-refractivity contribution in [2.75, 3.05) is 10.6 Å². The Balaban J connectivity index is 1.53. The van der Waals surface area contributed by atoms with Crippen LogP contribution in [0.3, 0.4) is 0 Å². The van der Waals surface area contributed by atoms with Crippen molar-refractivity contribution < 1.29 is 14.0 Å². The topological polar surface area (TPSA) is 93.3 Å². The first-order chi connectivity index (χ1) is 14.5. The van der Waals surface area contributed by atoms with Crippen LogP contribution in [0.25, 0.3) is 11.1 Å². The van der Waals surface area contributed by atoms with Gasteiger partial charge in [-0.2, -0.15) is 0 Å². The van der Waals surface area contributed by atoms with Crippen LogP contribution in [0, 0.1) is 6.92 Å². The van der Waals surface area contributed by atoms with Gasteiger partial charge in [-0.1, -0.05) is 36.4 Å². The molecule has 0 saturated heterocycles. The first-order valence-corrected chi connectivity index (χ1v) is 9.36. The lowest BCUT2D eigenvalue weighted by Crippen LogP contribution is -2.26. The summed E-state index contributed by atoms with van der Waals surface area (Å²) in [4.78, 5) is 37.4. The van der Waals surface area contributed by atoms with Crippen molar-refractivity contribution in [1.29, 1.82) is 0 Å². The highest BCUT2D eigenvalue weighted by molar-refractivity contribution is 6.10. The number of amides is 2. The van der Waals surface area contributed by atoms with Gasteiger partial charge in [-0.25, -0.2) is 4.79 Å². The van der Waals surface area contributed by atoms with Gasteiger partial charge < -0.3 is 15.1 Å². The van der Waals surface area contributed by atoms with Gasteiger partial charge in [0, 0.05) is 5.69 Å². The standard InChI is InChI=1S/C23H19N3O4/c1-15-7-6-8-16(13-15)24-22(28)17-9-2-3-10-18(17)25-21(27)14-26-19-11-4-5-12-20(19)30-23(26)29/h2-13H,14H2,1H3,(H,24,28)(H,25,27). The number of nitrogens with zero attached hydrogens (tertiary/aromatic N) is 1. The molecule has 0 radical (unpaired) electrons. The lowest BCUT2D eigenvalue weighted by Gasteiger charge is -2.12. The van der Waals surface area contributed by atoms with E-state index in [2.05, 4.69) is 10.6 Å². The maximum atomic E-state index is 12.7. The average Bonchev–Trinajstić information content (AvgIpc) is 3.03. The molecule has 0 bridgehead atoms. The molecule has 1 heterocycles. The summed E-state index contributed by atoms with van der Waals surface area (Å²) in [5.41, 5.74) is 3.30. The summed E-state index contributed by atoms with van der Waals surface area (Å²) in [6, 6.07) is 21.0. The molecule has 0 atom stereocenters. The number of para-hydroxylation sites is 3. The van der Waals surface area contributed by atoms with E-state index in [0.717, 1.165) is 5.56 Å². The van der Waals surface area contributed by atoms with E-state index in [-0.39, 0.29) is 12.5 Å². The van der Waals surface area contributed by atoms with Gasteiger partial charge >= 0.3 is 5.76 Å². The van der Waals surface area contributed by atoms with Crippen molar-refractivity contribution in [3.05, 3.63) is 94.5 Å². The average molecular weight is 401 g/mol. The number of aromatic nitrogens is 1. The molecule has 7 heteroatoms. The van der Waals surface area contributed by atoms with Crippen LogP contribution in [0.15, 0.2) is 82.0 Å². The fourth-order valence-corrected chi connectivity index (χ4v) is 3.21. The predicted octanol–water partition coefficient (Wildman–Crippen LogP) is 3.79. The molecule has 2 amide bonds. The summed E-state index contributed by atoms with van der Waals surface area (Å²) in [5.74, 6) is -1.40. The molecule has 7 nitrogen and oxygen atoms in total. The Kier molecular flexibility index (Phi) is 5.17. The van der Waals surface area contributed by atoms with Gasteiger partial charge in [0.1, 0.15) is 6.54 Å². The highest BCUT2D eigenvalue weighted by atomic mass is 16.4. The number of fused-ring (bicyclic) bond motifs is 1. The Morgan fingerprint density at radius 2 is 1.70 bits per heavy atom. The monoisotopic (exact) mass is 401 g/mol. The molecule has 150 valence electrons. The number of hydrogen-bond acceptors (Lipinski definition) is 4. The number of oxazole rings is 1. The molecular formula is C23H19N3O4. The maximum absolute atomic E-state index is 12.7. The van der Waals surface area contributed by atoms with Crippen LogP contribution in [0.4, 0.5) is 11.4 Å². The van der Waals surface area contributed by atoms with Crippen molar-refractivity contribution >= 4 is 34.3 Å². The second kappa shape index (κ2) is 8.08. The van der Waals surface area contributed by atoms with E-state index in [9.17, 15) is 14.4 Å². The number of rotatable bonds is 5. The van der Waals surface area contributed by atoms with E-state index in [0.29, 0.717) is 28.0 Å². The molecule has 0 unspecified atom stereocenters. The minimum Gasteiger partial charge on any atom is -0.408 e. The summed E-state index contributed by atoms with van der Waals surface area (Å²) < 4.78 is 6.40. The number of hydrogen-bond donors (Lipinski definition) is 2. The number of nitrogens with one attached hydrogen (secondary N) is 2. The zero-order valence-corrected chi connectivity index (χ0v) is 16.2. The number of aryl methyl sites for hydroxylation is 1. The zero-order valence-electron chi connectivity index (χ0n) is 16.2. The van der Waals surface area contributed by atoms with Crippen LogP contribution in [0.5, 0.6) is 0 Å². The first kappa shape index (κ1) is 19.2. The SMILES string of the molecule is Cc1cccc(NC(=O)c2ccccc2NC(=O)Cn2c(=O)oc3ccccc32)c1. The van der Waals surface area contributed by atoms with E-state index in [1.54, 1.807) is 54.6 Å². The van der Waals surface area contributed by atoms with Crippen LogP contribution in [-0.2, 0) is 11.3 Å². The number of anilines is 2. The lowest BCUT2D eigenvalue weighted by atomic mass is 10.1. The molecule has 4 rings (SSSR count). The third-order valence-electron chi connectivity index (χ3n) is 4.60. The van der Waals surface area contributed by atoms with Crippen LogP contribution >= 0.6 is 0 Å². The fraction of sp³-hybridized carbons (Fsp3) is 0.0870. The first-order valence-electron chi connectivity index (χ1n) is 9.36. The van der Waals surface area contributed by atoms with Crippen molar-refractivity contribution in [3.63, 3.8) is 0 Å². The van der Waals surface area contributed by atoms with Crippen molar-refractivity contribution in [2.24, 2.45) is 0 Å². The smallest absolute Gasteiger partial charge is 0.408 e. The summed E-state index contributed by atoms with van der Waals surface area (Å²) >= 11 is 0. The Hall–Kier alpha value is -4.13. The summed E-state index contributed by atoms with van der Waals surface area (Å²) in [6.45, 7) is 1.70. The number of carbonyl (C=O) groups is 2. The highest BCUT2D eigenvalue weighted by Gasteiger charge is 2.16. The largest absolute Gasteiger partial charge is 0.420 e. The predicted molar refractivity (Wildman–Crippen MR) is 115 cm³/mol. The van der Waals surface area contributed by atoms with Crippen molar-refractivity contribution in [3.8, 4) is 0 Å². The van der Waals surface area contributed by atoms with Crippen LogP contribution in [-0.4, -0.2) is 16.4 Å². The molecule has 1 aromatic heterocycles. The minimum absolute atomic E-state index is 0.232. The highest BCUT2D eigenvalue weighted by Crippen LogP contribution is 2.19. The van der Waals surface area contributed by atoms with E-state index >= 15 is 0 Å². The van der Waals surface area contributed by atoms with Gasteiger partial charge in [-0.05, 0) is 48.9 Å². The van der Waals surface area contributed by atoms with Gasteiger partial charge in [0.15, 0.2) is 5.58 Å². The normalized spacial score (nSPS) is 10.7. The Morgan fingerprint density at radius 1 is 0.933 bits per heavy atom. The molecular weight excluding hydrogens is 382 g/mol. The number of benzene rings is 3. The van der Waals surface area contributed by atoms with E-state index in [4.69, 9.17) is 4.42 Å². The molecule has 0 saturated carbocycles. The second-order valence-electron chi connectivity index (χ2n) is 6.84. The minimum atomic E-state index is -0.614.